The number of carbonyl (C=O) groups is 3. The van der Waals surface area contributed by atoms with Crippen molar-refractivity contribution in [3.05, 3.63) is 16.8 Å². The summed E-state index contributed by atoms with van der Waals surface area (Å²) in [5.74, 6) is -1.13. The minimum Gasteiger partial charge on any atom is -0.462 e. The van der Waals surface area contributed by atoms with E-state index >= 15 is 0 Å². The van der Waals surface area contributed by atoms with Crippen LogP contribution in [-0.2, 0) is 9.47 Å². The molecule has 0 atom stereocenters. The fourth-order valence-corrected chi connectivity index (χ4v) is 3.18. The standard InChI is InChI=1S/C19H29N3O5/c1-6-26-17(24)13-12(2)22(18(25)27-19(3,4)5)15(20)14(13)16(23)21-10-8-7-9-11-21/h6-11,20H2,1-5H3. The molecule has 2 heterocycles. The summed E-state index contributed by atoms with van der Waals surface area (Å²) in [6.45, 7) is 9.75. The molecule has 0 unspecified atom stereocenters. The third kappa shape index (κ3) is 4.43. The molecular weight excluding hydrogens is 350 g/mol. The summed E-state index contributed by atoms with van der Waals surface area (Å²) in [6.07, 6.45) is 2.11. The van der Waals surface area contributed by atoms with Crippen molar-refractivity contribution in [1.82, 2.24) is 9.47 Å². The van der Waals surface area contributed by atoms with E-state index in [1.807, 2.05) is 0 Å². The summed E-state index contributed by atoms with van der Waals surface area (Å²) in [5, 5.41) is 0. The van der Waals surface area contributed by atoms with E-state index in [4.69, 9.17) is 15.2 Å². The quantitative estimate of drug-likeness (QED) is 0.810. The van der Waals surface area contributed by atoms with E-state index in [0.29, 0.717) is 13.1 Å². The van der Waals surface area contributed by atoms with Crippen LogP contribution in [-0.4, -0.2) is 52.7 Å². The average Bonchev–Trinajstić information content (AvgIpc) is 2.84. The zero-order valence-corrected chi connectivity index (χ0v) is 16.8. The first-order chi connectivity index (χ1) is 12.6. The minimum absolute atomic E-state index is 0.0127. The summed E-state index contributed by atoms with van der Waals surface area (Å²) in [5.41, 5.74) is 5.70. The first kappa shape index (κ1) is 20.8. The lowest BCUT2D eigenvalue weighted by Crippen LogP contribution is -2.36. The molecule has 27 heavy (non-hydrogen) atoms. The van der Waals surface area contributed by atoms with Crippen molar-refractivity contribution < 1.29 is 23.9 Å². The lowest BCUT2D eigenvalue weighted by Gasteiger charge is -2.27. The van der Waals surface area contributed by atoms with Crippen molar-refractivity contribution >= 4 is 23.8 Å². The van der Waals surface area contributed by atoms with Crippen LogP contribution in [0.1, 0.15) is 73.4 Å². The van der Waals surface area contributed by atoms with Crippen molar-refractivity contribution in [2.45, 2.75) is 59.5 Å². The molecule has 0 spiro atoms. The highest BCUT2D eigenvalue weighted by Crippen LogP contribution is 2.29. The molecular formula is C19H29N3O5. The van der Waals surface area contributed by atoms with Crippen LogP contribution in [0.15, 0.2) is 0 Å². The van der Waals surface area contributed by atoms with Crippen LogP contribution in [0, 0.1) is 6.92 Å². The number of amides is 1. The van der Waals surface area contributed by atoms with E-state index in [1.54, 1.807) is 39.5 Å². The minimum atomic E-state index is -0.749. The number of nitrogens with two attached hydrogens (primary N) is 1. The number of ether oxygens (including phenoxy) is 2. The molecule has 1 fully saturated rings. The molecule has 0 saturated carbocycles. The van der Waals surface area contributed by atoms with E-state index < -0.39 is 17.7 Å². The summed E-state index contributed by atoms with van der Waals surface area (Å²) >= 11 is 0. The normalized spacial score (nSPS) is 14.8. The smallest absolute Gasteiger partial charge is 0.420 e. The first-order valence-corrected chi connectivity index (χ1v) is 9.29. The van der Waals surface area contributed by atoms with Crippen LogP contribution < -0.4 is 5.73 Å². The van der Waals surface area contributed by atoms with Gasteiger partial charge in [0.2, 0.25) is 0 Å². The third-order valence-corrected chi connectivity index (χ3v) is 4.36. The van der Waals surface area contributed by atoms with Crippen molar-refractivity contribution in [2.75, 3.05) is 25.4 Å². The van der Waals surface area contributed by atoms with Gasteiger partial charge in [-0.1, -0.05) is 0 Å². The summed E-state index contributed by atoms with van der Waals surface area (Å²) in [6, 6.07) is 0. The number of nitrogens with zero attached hydrogens (tertiary/aromatic N) is 2. The van der Waals surface area contributed by atoms with Crippen LogP contribution in [0.25, 0.3) is 0 Å². The average molecular weight is 379 g/mol. The second-order valence-electron chi connectivity index (χ2n) is 7.61. The van der Waals surface area contributed by atoms with Crippen LogP contribution in [0.3, 0.4) is 0 Å². The molecule has 8 heteroatoms. The van der Waals surface area contributed by atoms with E-state index in [0.717, 1.165) is 23.8 Å². The first-order valence-electron chi connectivity index (χ1n) is 9.29. The molecule has 0 aromatic carbocycles. The SMILES string of the molecule is CCOC(=O)c1c(C(=O)N2CCCCC2)c(N)n(C(=O)OC(C)(C)C)c1C. The molecule has 1 aliphatic heterocycles. The van der Waals surface area contributed by atoms with Gasteiger partial charge in [0.05, 0.1) is 17.7 Å². The number of hydrogen-bond donors (Lipinski definition) is 1. The molecule has 1 amide bonds. The lowest BCUT2D eigenvalue weighted by atomic mass is 10.1. The number of carbonyl (C=O) groups excluding carboxylic acids is 3. The maximum Gasteiger partial charge on any atom is 0.420 e. The Kier molecular flexibility index (Phi) is 6.18. The predicted molar refractivity (Wildman–Crippen MR) is 101 cm³/mol. The predicted octanol–water partition coefficient (Wildman–Crippen LogP) is 2.96. The highest BCUT2D eigenvalue weighted by Gasteiger charge is 2.35. The van der Waals surface area contributed by atoms with Crippen molar-refractivity contribution in [3.8, 4) is 0 Å². The number of likely N-dealkylation sites (tertiary alicyclic amines) is 1. The molecule has 150 valence electrons. The van der Waals surface area contributed by atoms with Gasteiger partial charge in [-0.05, 0) is 53.9 Å². The molecule has 1 aromatic rings. The Morgan fingerprint density at radius 2 is 1.67 bits per heavy atom. The molecule has 0 aliphatic carbocycles. The Hall–Kier alpha value is -2.51. The van der Waals surface area contributed by atoms with Gasteiger partial charge >= 0.3 is 12.1 Å². The number of piperidine rings is 1. The van der Waals surface area contributed by atoms with Crippen LogP contribution in [0.2, 0.25) is 0 Å². The summed E-state index contributed by atoms with van der Waals surface area (Å²) < 4.78 is 11.6. The monoisotopic (exact) mass is 379 g/mol. The van der Waals surface area contributed by atoms with Crippen LogP contribution >= 0.6 is 0 Å². The molecule has 8 nitrogen and oxygen atoms in total. The van der Waals surface area contributed by atoms with Gasteiger partial charge in [-0.15, -0.1) is 0 Å². The number of esters is 1. The van der Waals surface area contributed by atoms with Gasteiger partial charge in [0.15, 0.2) is 0 Å². The Morgan fingerprint density at radius 1 is 1.07 bits per heavy atom. The number of aromatic nitrogens is 1. The number of anilines is 1. The van der Waals surface area contributed by atoms with Gasteiger partial charge in [-0.25, -0.2) is 14.2 Å². The van der Waals surface area contributed by atoms with Crippen molar-refractivity contribution in [1.29, 1.82) is 0 Å². The van der Waals surface area contributed by atoms with Gasteiger partial charge in [0, 0.05) is 18.8 Å². The van der Waals surface area contributed by atoms with Gasteiger partial charge in [-0.2, -0.15) is 0 Å². The Morgan fingerprint density at radius 3 is 2.19 bits per heavy atom. The number of hydrogen-bond acceptors (Lipinski definition) is 6. The van der Waals surface area contributed by atoms with Gasteiger partial charge in [-0.3, -0.25) is 4.79 Å². The maximum absolute atomic E-state index is 13.1. The fraction of sp³-hybridized carbons (Fsp3) is 0.632. The second kappa shape index (κ2) is 8.02. The highest BCUT2D eigenvalue weighted by molar-refractivity contribution is 6.11. The lowest BCUT2D eigenvalue weighted by molar-refractivity contribution is 0.0516. The molecule has 0 radical (unpaired) electrons. The number of rotatable bonds is 3. The fourth-order valence-electron chi connectivity index (χ4n) is 3.18. The molecule has 2 N–H and O–H groups in total. The van der Waals surface area contributed by atoms with Crippen molar-refractivity contribution in [2.24, 2.45) is 0 Å². The van der Waals surface area contributed by atoms with Crippen LogP contribution in [0.5, 0.6) is 0 Å². The topological polar surface area (TPSA) is 104 Å². The second-order valence-corrected chi connectivity index (χ2v) is 7.61. The van der Waals surface area contributed by atoms with E-state index in [2.05, 4.69) is 0 Å². The van der Waals surface area contributed by atoms with E-state index in [1.165, 1.54) is 0 Å². The maximum atomic E-state index is 13.1. The molecule has 2 rings (SSSR count). The zero-order chi connectivity index (χ0) is 20.4. The van der Waals surface area contributed by atoms with Gasteiger partial charge in [0.25, 0.3) is 5.91 Å². The Balaban J connectivity index is 2.56. The van der Waals surface area contributed by atoms with E-state index in [9.17, 15) is 14.4 Å². The largest absolute Gasteiger partial charge is 0.462 e. The number of nitrogen functional groups attached to an aromatic ring is 1. The molecule has 1 aliphatic rings. The Bertz CT molecular complexity index is 740. The third-order valence-electron chi connectivity index (χ3n) is 4.36. The highest BCUT2D eigenvalue weighted by atomic mass is 16.6. The van der Waals surface area contributed by atoms with Gasteiger partial charge in [0.1, 0.15) is 11.4 Å². The van der Waals surface area contributed by atoms with Gasteiger partial charge < -0.3 is 20.1 Å². The molecule has 0 bridgehead atoms. The van der Waals surface area contributed by atoms with Crippen LogP contribution in [0.4, 0.5) is 10.6 Å². The zero-order valence-electron chi connectivity index (χ0n) is 16.8. The summed E-state index contributed by atoms with van der Waals surface area (Å²) in [7, 11) is 0. The van der Waals surface area contributed by atoms with E-state index in [-0.39, 0.29) is 35.2 Å². The molecule has 1 aromatic heterocycles. The Labute approximate surface area is 159 Å². The molecule has 1 saturated heterocycles. The van der Waals surface area contributed by atoms with Crippen molar-refractivity contribution in [3.63, 3.8) is 0 Å². The summed E-state index contributed by atoms with van der Waals surface area (Å²) in [4.78, 5) is 39.9.